The van der Waals surface area contributed by atoms with Crippen LogP contribution < -0.4 is 10.9 Å². The molecule has 0 radical (unpaired) electrons. The maximum atomic E-state index is 13.0. The van der Waals surface area contributed by atoms with Crippen molar-refractivity contribution in [3.63, 3.8) is 0 Å². The molecule has 1 aliphatic heterocycles. The standard InChI is InChI=1S/C21H21N3O4S/c1-12-16-19(23-15-5-3-2-4-10-24(15)20(16)26)29-17(12)18(25)22-11-13-6-8-14(9-7-13)21(27)28/h6-9H,2-5,10-11H2,1H3,(H,22,25)(H,27,28). The van der Waals surface area contributed by atoms with Gasteiger partial charge in [0.1, 0.15) is 10.7 Å². The van der Waals surface area contributed by atoms with Crippen LogP contribution in [0, 0.1) is 6.92 Å². The van der Waals surface area contributed by atoms with Crippen molar-refractivity contribution in [1.29, 1.82) is 0 Å². The number of nitrogens with zero attached hydrogens (tertiary/aromatic N) is 2. The molecule has 3 aromatic rings. The number of carboxylic acid groups (broad SMARTS) is 1. The van der Waals surface area contributed by atoms with Crippen LogP contribution in [0.2, 0.25) is 0 Å². The highest BCUT2D eigenvalue weighted by Crippen LogP contribution is 2.28. The third-order valence-corrected chi connectivity index (χ3v) is 6.46. The van der Waals surface area contributed by atoms with Crippen LogP contribution in [0.5, 0.6) is 0 Å². The van der Waals surface area contributed by atoms with Gasteiger partial charge in [-0.25, -0.2) is 9.78 Å². The van der Waals surface area contributed by atoms with Crippen molar-refractivity contribution in [2.24, 2.45) is 0 Å². The third kappa shape index (κ3) is 3.67. The number of carbonyl (C=O) groups excluding carboxylic acids is 1. The summed E-state index contributed by atoms with van der Waals surface area (Å²) in [5.74, 6) is -0.433. The minimum Gasteiger partial charge on any atom is -0.478 e. The molecule has 0 fully saturated rings. The van der Waals surface area contributed by atoms with Crippen LogP contribution >= 0.6 is 11.3 Å². The molecule has 0 atom stereocenters. The lowest BCUT2D eigenvalue weighted by molar-refractivity contribution is 0.0696. The normalized spacial score (nSPS) is 13.7. The molecule has 0 saturated heterocycles. The van der Waals surface area contributed by atoms with Gasteiger partial charge < -0.3 is 10.4 Å². The molecule has 3 heterocycles. The monoisotopic (exact) mass is 411 g/mol. The molecule has 1 aromatic carbocycles. The quantitative estimate of drug-likeness (QED) is 0.687. The number of benzene rings is 1. The first-order chi connectivity index (χ1) is 14.0. The second-order valence-electron chi connectivity index (χ2n) is 7.22. The lowest BCUT2D eigenvalue weighted by atomic mass is 10.1. The fourth-order valence-electron chi connectivity index (χ4n) is 3.65. The minimum atomic E-state index is -0.987. The molecule has 0 spiro atoms. The highest BCUT2D eigenvalue weighted by Gasteiger charge is 2.22. The molecule has 1 aliphatic rings. The summed E-state index contributed by atoms with van der Waals surface area (Å²) in [5, 5.41) is 12.3. The number of aromatic carboxylic acids is 1. The Morgan fingerprint density at radius 3 is 2.69 bits per heavy atom. The lowest BCUT2D eigenvalue weighted by Crippen LogP contribution is -2.25. The van der Waals surface area contributed by atoms with Crippen LogP contribution in [0.25, 0.3) is 10.2 Å². The van der Waals surface area contributed by atoms with Crippen molar-refractivity contribution in [1.82, 2.24) is 14.9 Å². The van der Waals surface area contributed by atoms with E-state index in [1.807, 2.05) is 0 Å². The van der Waals surface area contributed by atoms with E-state index in [4.69, 9.17) is 10.1 Å². The molecule has 2 aromatic heterocycles. The highest BCUT2D eigenvalue weighted by molar-refractivity contribution is 7.20. The van der Waals surface area contributed by atoms with Crippen LogP contribution in [-0.4, -0.2) is 26.5 Å². The van der Waals surface area contributed by atoms with E-state index in [-0.39, 0.29) is 23.6 Å². The Morgan fingerprint density at radius 1 is 1.21 bits per heavy atom. The van der Waals surface area contributed by atoms with Crippen LogP contribution in [0.3, 0.4) is 0 Å². The molecular weight excluding hydrogens is 390 g/mol. The van der Waals surface area contributed by atoms with Crippen molar-refractivity contribution in [3.05, 3.63) is 62.0 Å². The van der Waals surface area contributed by atoms with Gasteiger partial charge in [-0.1, -0.05) is 18.6 Å². The molecule has 0 bridgehead atoms. The Kier molecular flexibility index (Phi) is 5.19. The number of aryl methyl sites for hydroxylation is 2. The Morgan fingerprint density at radius 2 is 1.97 bits per heavy atom. The molecule has 29 heavy (non-hydrogen) atoms. The smallest absolute Gasteiger partial charge is 0.335 e. The number of rotatable bonds is 4. The minimum absolute atomic E-state index is 0.0519. The average Bonchev–Trinajstić information content (AvgIpc) is 2.88. The summed E-state index contributed by atoms with van der Waals surface area (Å²) in [6.45, 7) is 2.75. The largest absolute Gasteiger partial charge is 0.478 e. The van der Waals surface area contributed by atoms with E-state index in [1.54, 1.807) is 23.6 Å². The van der Waals surface area contributed by atoms with Crippen LogP contribution in [-0.2, 0) is 19.5 Å². The van der Waals surface area contributed by atoms with Gasteiger partial charge in [-0.15, -0.1) is 11.3 Å². The SMILES string of the molecule is Cc1c(C(=O)NCc2ccc(C(=O)O)cc2)sc2nc3n(c(=O)c12)CCCCC3. The van der Waals surface area contributed by atoms with E-state index in [0.717, 1.165) is 37.1 Å². The van der Waals surface area contributed by atoms with Gasteiger partial charge in [0, 0.05) is 19.5 Å². The average molecular weight is 411 g/mol. The zero-order chi connectivity index (χ0) is 20.5. The van der Waals surface area contributed by atoms with Crippen molar-refractivity contribution in [2.75, 3.05) is 0 Å². The van der Waals surface area contributed by atoms with E-state index < -0.39 is 5.97 Å². The molecule has 2 N–H and O–H groups in total. The number of carbonyl (C=O) groups is 2. The number of thiophene rings is 1. The number of hydrogen-bond acceptors (Lipinski definition) is 5. The number of aromatic nitrogens is 2. The van der Waals surface area contributed by atoms with Crippen LogP contribution in [0.1, 0.15) is 56.2 Å². The first kappa shape index (κ1) is 19.3. The molecule has 7 nitrogen and oxygen atoms in total. The number of carboxylic acids is 1. The first-order valence-electron chi connectivity index (χ1n) is 9.59. The topological polar surface area (TPSA) is 101 Å². The highest BCUT2D eigenvalue weighted by atomic mass is 32.1. The van der Waals surface area contributed by atoms with Crippen LogP contribution in [0.4, 0.5) is 0 Å². The zero-order valence-corrected chi connectivity index (χ0v) is 16.8. The lowest BCUT2D eigenvalue weighted by Gasteiger charge is -2.08. The van der Waals surface area contributed by atoms with Gasteiger partial charge in [0.25, 0.3) is 11.5 Å². The van der Waals surface area contributed by atoms with Gasteiger partial charge in [0.2, 0.25) is 0 Å². The second-order valence-corrected chi connectivity index (χ2v) is 8.22. The van der Waals surface area contributed by atoms with Gasteiger partial charge in [0.05, 0.1) is 15.8 Å². The third-order valence-electron chi connectivity index (χ3n) is 5.27. The number of amides is 1. The summed E-state index contributed by atoms with van der Waals surface area (Å²) < 4.78 is 1.76. The Hall–Kier alpha value is -3.00. The number of fused-ring (bicyclic) bond motifs is 2. The zero-order valence-electron chi connectivity index (χ0n) is 16.0. The number of nitrogens with one attached hydrogen (secondary N) is 1. The molecule has 150 valence electrons. The Labute approximate surface area is 171 Å². The van der Waals surface area contributed by atoms with Crippen molar-refractivity contribution in [2.45, 2.75) is 45.7 Å². The molecular formula is C21H21N3O4S. The Balaban J connectivity index is 1.59. The molecule has 0 unspecified atom stereocenters. The second kappa shape index (κ2) is 7.79. The summed E-state index contributed by atoms with van der Waals surface area (Å²) >= 11 is 1.25. The summed E-state index contributed by atoms with van der Waals surface area (Å²) in [7, 11) is 0. The van der Waals surface area contributed by atoms with Crippen LogP contribution in [0.15, 0.2) is 29.1 Å². The van der Waals surface area contributed by atoms with E-state index >= 15 is 0 Å². The van der Waals surface area contributed by atoms with Gasteiger partial charge >= 0.3 is 5.97 Å². The molecule has 1 amide bonds. The molecule has 8 heteroatoms. The van der Waals surface area contributed by atoms with E-state index in [2.05, 4.69) is 5.32 Å². The maximum absolute atomic E-state index is 13.0. The van der Waals surface area contributed by atoms with Crippen molar-refractivity contribution >= 4 is 33.4 Å². The first-order valence-corrected chi connectivity index (χ1v) is 10.4. The molecule has 4 rings (SSSR count). The predicted molar refractivity (Wildman–Crippen MR) is 111 cm³/mol. The maximum Gasteiger partial charge on any atom is 0.335 e. The Bertz CT molecular complexity index is 1160. The fourth-order valence-corrected chi connectivity index (χ4v) is 4.76. The molecule has 0 saturated carbocycles. The summed E-state index contributed by atoms with van der Waals surface area (Å²) in [5.41, 5.74) is 1.61. The van der Waals surface area contributed by atoms with E-state index in [9.17, 15) is 14.4 Å². The summed E-state index contributed by atoms with van der Waals surface area (Å²) in [6, 6.07) is 6.36. The van der Waals surface area contributed by atoms with Crippen molar-refractivity contribution in [3.8, 4) is 0 Å². The number of hydrogen-bond donors (Lipinski definition) is 2. The van der Waals surface area contributed by atoms with Gasteiger partial charge in [-0.2, -0.15) is 0 Å². The summed E-state index contributed by atoms with van der Waals surface area (Å²) in [4.78, 5) is 42.5. The van der Waals surface area contributed by atoms with Gasteiger partial charge in [-0.05, 0) is 43.0 Å². The predicted octanol–water partition coefficient (Wildman–Crippen LogP) is 3.12. The fraction of sp³-hybridized carbons (Fsp3) is 0.333. The van der Waals surface area contributed by atoms with Crippen molar-refractivity contribution < 1.29 is 14.7 Å². The van der Waals surface area contributed by atoms with Gasteiger partial charge in [-0.3, -0.25) is 14.2 Å². The van der Waals surface area contributed by atoms with E-state index in [1.165, 1.54) is 23.5 Å². The van der Waals surface area contributed by atoms with E-state index in [0.29, 0.717) is 27.2 Å². The summed E-state index contributed by atoms with van der Waals surface area (Å²) in [6.07, 6.45) is 3.88. The molecule has 0 aliphatic carbocycles. The van der Waals surface area contributed by atoms with Gasteiger partial charge in [0.15, 0.2) is 0 Å².